The number of carbonyl (C=O) groups is 2. The molecular formula is C33H48N2O12. The second-order valence-electron chi connectivity index (χ2n) is 12.6. The van der Waals surface area contributed by atoms with Gasteiger partial charge in [-0.25, -0.2) is 4.79 Å². The third-order valence-corrected chi connectivity index (χ3v) is 8.62. The predicted octanol–water partition coefficient (Wildman–Crippen LogP) is -0.480. The Balaban J connectivity index is 1.58. The molecule has 0 aromatic heterocycles. The number of esters is 1. The van der Waals surface area contributed by atoms with Crippen molar-refractivity contribution in [3.63, 3.8) is 0 Å². The van der Waals surface area contributed by atoms with E-state index in [1.807, 2.05) is 12.2 Å². The van der Waals surface area contributed by atoms with Gasteiger partial charge >= 0.3 is 5.97 Å². The van der Waals surface area contributed by atoms with E-state index in [1.165, 1.54) is 6.08 Å². The second kappa shape index (κ2) is 16.6. The molecule has 14 nitrogen and oxygen atoms in total. The molecular weight excluding hydrogens is 616 g/mol. The third-order valence-electron chi connectivity index (χ3n) is 8.62. The third kappa shape index (κ3) is 10.6. The number of allylic oxidation sites excluding steroid dienone is 6. The fraction of sp³-hybridized carbons (Fsp3) is 0.636. The van der Waals surface area contributed by atoms with Crippen LogP contribution < -0.4 is 11.5 Å². The summed E-state index contributed by atoms with van der Waals surface area (Å²) in [4.78, 5) is 24.7. The summed E-state index contributed by atoms with van der Waals surface area (Å²) in [6.07, 6.45) is 6.16. The minimum absolute atomic E-state index is 0.104. The minimum Gasteiger partial charge on any atom is -0.459 e. The largest absolute Gasteiger partial charge is 0.459 e. The molecule has 262 valence electrons. The molecule has 1 amide bonds. The lowest BCUT2D eigenvalue weighted by molar-refractivity contribution is -0.306. The highest BCUT2D eigenvalue weighted by atomic mass is 16.7. The molecule has 2 bridgehead atoms. The molecule has 0 saturated carbocycles. The Morgan fingerprint density at radius 3 is 2.36 bits per heavy atom. The van der Waals surface area contributed by atoms with Crippen LogP contribution in [0.2, 0.25) is 0 Å². The average Bonchev–Trinajstić information content (AvgIpc) is 3.72. The van der Waals surface area contributed by atoms with Crippen LogP contribution >= 0.6 is 0 Å². The molecule has 3 saturated heterocycles. The van der Waals surface area contributed by atoms with E-state index in [4.69, 9.17) is 35.2 Å². The maximum absolute atomic E-state index is 12.5. The topological polar surface area (TPSA) is 237 Å². The molecule has 0 aliphatic carbocycles. The van der Waals surface area contributed by atoms with Gasteiger partial charge in [0.2, 0.25) is 5.91 Å². The number of aliphatic hydroxyl groups excluding tert-OH is 4. The average molecular weight is 665 g/mol. The number of amides is 1. The second-order valence-corrected chi connectivity index (χ2v) is 12.6. The van der Waals surface area contributed by atoms with Gasteiger partial charge in [0.05, 0.1) is 54.7 Å². The molecule has 3 fully saturated rings. The number of nitrogens with two attached hydrogens (primary N) is 2. The summed E-state index contributed by atoms with van der Waals surface area (Å²) >= 11 is 0. The summed E-state index contributed by atoms with van der Waals surface area (Å²) in [6.45, 7) is 3.36. The standard InChI is InChI=1S/C33H48N2O12/c1-18-10-8-6-4-3-5-7-9-11-21(45-32-30(40)28(34)29(39)19(2)44-32)15-25-27(31(35)41)22(37)17-33(42,47-25)16-20(36)14-24-23(46-24)12-13-26(38)43-18/h3-9,11-13,18-25,27-30,32,36-37,39-40,42H,10,14-17,34H2,1-2H3,(H2,35,41)/b4-3+,7-5+,8-6+,11-9+,13-12+/t18?,19-,20?,21?,22?,23-,24-,25?,27?,28+,29-,30+,32+,33?/m1/s1. The number of rotatable bonds is 3. The van der Waals surface area contributed by atoms with E-state index in [1.54, 1.807) is 56.4 Å². The SMILES string of the molecule is CC1C/C=C/C=C/C=C/C=C/C(O[C@@H]2O[C@H](C)[C@@H](O)[C@H](N)[C@@H]2O)CC2OC(O)(CC(O)C[C@H]3O[C@@H]3/C=C/C(=O)O1)CC(O)C2C(N)=O. The quantitative estimate of drug-likeness (QED) is 0.149. The molecule has 4 heterocycles. The van der Waals surface area contributed by atoms with E-state index in [9.17, 15) is 35.1 Å². The van der Waals surface area contributed by atoms with Crippen molar-refractivity contribution in [1.29, 1.82) is 0 Å². The van der Waals surface area contributed by atoms with Crippen LogP contribution in [0, 0.1) is 5.92 Å². The lowest BCUT2D eigenvalue weighted by Gasteiger charge is -2.45. The Hall–Kier alpha value is -2.76. The number of cyclic esters (lactones) is 1. The molecule has 9 N–H and O–H groups in total. The van der Waals surface area contributed by atoms with Crippen molar-refractivity contribution in [2.75, 3.05) is 0 Å². The van der Waals surface area contributed by atoms with Crippen molar-refractivity contribution in [1.82, 2.24) is 0 Å². The van der Waals surface area contributed by atoms with Gasteiger partial charge in [-0.1, -0.05) is 48.6 Å². The van der Waals surface area contributed by atoms with Crippen molar-refractivity contribution in [2.45, 2.75) is 125 Å². The minimum atomic E-state index is -2.04. The highest BCUT2D eigenvalue weighted by Crippen LogP contribution is 2.39. The van der Waals surface area contributed by atoms with E-state index in [0.717, 1.165) is 0 Å². The molecule has 0 radical (unpaired) electrons. The zero-order valence-corrected chi connectivity index (χ0v) is 26.6. The van der Waals surface area contributed by atoms with Crippen molar-refractivity contribution in [3.8, 4) is 0 Å². The van der Waals surface area contributed by atoms with E-state index in [-0.39, 0.29) is 25.4 Å². The van der Waals surface area contributed by atoms with Crippen LogP contribution in [-0.2, 0) is 33.3 Å². The van der Waals surface area contributed by atoms with Gasteiger partial charge in [-0.05, 0) is 19.9 Å². The van der Waals surface area contributed by atoms with Crippen molar-refractivity contribution in [2.24, 2.45) is 17.4 Å². The van der Waals surface area contributed by atoms with Crippen LogP contribution in [0.15, 0.2) is 60.8 Å². The Bertz CT molecular complexity index is 1220. The highest BCUT2D eigenvalue weighted by molar-refractivity contribution is 5.82. The van der Waals surface area contributed by atoms with Crippen LogP contribution in [0.25, 0.3) is 0 Å². The van der Waals surface area contributed by atoms with Crippen LogP contribution in [0.1, 0.15) is 46.0 Å². The number of carbonyl (C=O) groups excluding carboxylic acids is 2. The number of epoxide rings is 1. The summed E-state index contributed by atoms with van der Waals surface area (Å²) in [5.74, 6) is -4.66. The van der Waals surface area contributed by atoms with Crippen LogP contribution in [0.3, 0.4) is 0 Å². The molecule has 14 atom stereocenters. The summed E-state index contributed by atoms with van der Waals surface area (Å²) in [5, 5.41) is 54.1. The maximum atomic E-state index is 12.5. The lowest BCUT2D eigenvalue weighted by Crippen LogP contribution is -2.61. The molecule has 0 aromatic rings. The van der Waals surface area contributed by atoms with Crippen molar-refractivity contribution < 1.29 is 58.8 Å². The van der Waals surface area contributed by atoms with Gasteiger partial charge in [-0.2, -0.15) is 0 Å². The van der Waals surface area contributed by atoms with Gasteiger partial charge < -0.3 is 60.7 Å². The van der Waals surface area contributed by atoms with E-state index in [2.05, 4.69) is 0 Å². The maximum Gasteiger partial charge on any atom is 0.330 e. The van der Waals surface area contributed by atoms with Gasteiger partial charge in [0.25, 0.3) is 0 Å². The van der Waals surface area contributed by atoms with Gasteiger partial charge in [-0.3, -0.25) is 4.79 Å². The number of fused-ring (bicyclic) bond motifs is 3. The van der Waals surface area contributed by atoms with Gasteiger partial charge in [0.1, 0.15) is 18.3 Å². The number of primary amides is 1. The fourth-order valence-electron chi connectivity index (χ4n) is 6.05. The fourth-order valence-corrected chi connectivity index (χ4v) is 6.05. The zero-order chi connectivity index (χ0) is 34.3. The molecule has 47 heavy (non-hydrogen) atoms. The number of hydrogen-bond donors (Lipinski definition) is 7. The number of ether oxygens (including phenoxy) is 5. The first-order valence-electron chi connectivity index (χ1n) is 16.0. The Morgan fingerprint density at radius 2 is 1.64 bits per heavy atom. The lowest BCUT2D eigenvalue weighted by atomic mass is 9.82. The summed E-state index contributed by atoms with van der Waals surface area (Å²) in [6, 6.07) is -1.06. The molecule has 4 aliphatic rings. The first kappa shape index (κ1) is 37.1. The van der Waals surface area contributed by atoms with Crippen LogP contribution in [-0.4, -0.2) is 117 Å². The van der Waals surface area contributed by atoms with E-state index < -0.39 is 97.3 Å². The molecule has 7 unspecified atom stereocenters. The van der Waals surface area contributed by atoms with Crippen molar-refractivity contribution >= 4 is 11.9 Å². The molecule has 4 aliphatic heterocycles. The van der Waals surface area contributed by atoms with Gasteiger partial charge in [0, 0.05) is 38.2 Å². The van der Waals surface area contributed by atoms with Gasteiger partial charge in [0.15, 0.2) is 12.1 Å². The molecule has 4 rings (SSSR count). The highest BCUT2D eigenvalue weighted by Gasteiger charge is 2.51. The first-order chi connectivity index (χ1) is 22.3. The van der Waals surface area contributed by atoms with E-state index in [0.29, 0.717) is 6.42 Å². The predicted molar refractivity (Wildman–Crippen MR) is 167 cm³/mol. The summed E-state index contributed by atoms with van der Waals surface area (Å²) in [5.41, 5.74) is 11.6. The zero-order valence-electron chi connectivity index (χ0n) is 26.6. The van der Waals surface area contributed by atoms with E-state index >= 15 is 0 Å². The molecule has 0 spiro atoms. The van der Waals surface area contributed by atoms with Crippen LogP contribution in [0.4, 0.5) is 0 Å². The number of aliphatic hydroxyl groups is 5. The number of hydrogen-bond acceptors (Lipinski definition) is 13. The smallest absolute Gasteiger partial charge is 0.330 e. The first-order valence-corrected chi connectivity index (χ1v) is 16.0. The summed E-state index contributed by atoms with van der Waals surface area (Å²) < 4.78 is 28.7. The summed E-state index contributed by atoms with van der Waals surface area (Å²) in [7, 11) is 0. The normalized spacial score (nSPS) is 47.2. The Labute approximate surface area is 273 Å². The monoisotopic (exact) mass is 664 g/mol. The Morgan fingerprint density at radius 1 is 0.936 bits per heavy atom. The molecule has 14 heteroatoms. The Kier molecular flexibility index (Phi) is 13.1. The van der Waals surface area contributed by atoms with Crippen molar-refractivity contribution in [3.05, 3.63) is 60.8 Å². The van der Waals surface area contributed by atoms with Crippen LogP contribution in [0.5, 0.6) is 0 Å². The van der Waals surface area contributed by atoms with Gasteiger partial charge in [-0.15, -0.1) is 0 Å². The molecule has 0 aromatic carbocycles.